The molecule has 0 saturated heterocycles. The first-order chi connectivity index (χ1) is 13.4. The number of hydrogen-bond donors (Lipinski definition) is 3. The minimum atomic E-state index is -0.827. The molecule has 2 aromatic carbocycles. The van der Waals surface area contributed by atoms with E-state index in [0.717, 1.165) is 41.6 Å². The standard InChI is InChI=1S/C22H29N3O3/c1-3-4-5-13-24-22(28)25(2)18-8-6-7-17(15-18)19-11-9-16(14-20(19)23)10-12-21(26)27/h6-9,11,14-15H,3-5,10,12-13,23H2,1-2H3,(H,24,28)(H,26,27). The zero-order chi connectivity index (χ0) is 20.5. The number of amides is 2. The maximum atomic E-state index is 12.3. The van der Waals surface area contributed by atoms with Gasteiger partial charge in [-0.1, -0.05) is 44.0 Å². The number of nitrogens with two attached hydrogens (primary N) is 1. The highest BCUT2D eigenvalue weighted by atomic mass is 16.4. The van der Waals surface area contributed by atoms with E-state index in [1.54, 1.807) is 11.9 Å². The number of urea groups is 1. The topological polar surface area (TPSA) is 95.7 Å². The highest BCUT2D eigenvalue weighted by Gasteiger charge is 2.12. The maximum absolute atomic E-state index is 12.3. The second kappa shape index (κ2) is 10.3. The van der Waals surface area contributed by atoms with Crippen LogP contribution >= 0.6 is 0 Å². The molecule has 0 fully saturated rings. The number of nitrogens with one attached hydrogen (secondary N) is 1. The van der Waals surface area contributed by atoms with Crippen molar-refractivity contribution in [2.24, 2.45) is 0 Å². The van der Waals surface area contributed by atoms with Crippen molar-refractivity contribution in [2.75, 3.05) is 24.2 Å². The molecule has 0 aliphatic heterocycles. The minimum absolute atomic E-state index is 0.0758. The number of aryl methyl sites for hydroxylation is 1. The predicted molar refractivity (Wildman–Crippen MR) is 114 cm³/mol. The molecule has 28 heavy (non-hydrogen) atoms. The van der Waals surface area contributed by atoms with Crippen LogP contribution in [0.15, 0.2) is 42.5 Å². The van der Waals surface area contributed by atoms with Crippen molar-refractivity contribution in [3.63, 3.8) is 0 Å². The molecule has 0 aromatic heterocycles. The molecule has 0 aliphatic carbocycles. The van der Waals surface area contributed by atoms with E-state index < -0.39 is 5.97 Å². The van der Waals surface area contributed by atoms with Gasteiger partial charge in [0.15, 0.2) is 0 Å². The fourth-order valence-electron chi connectivity index (χ4n) is 2.97. The van der Waals surface area contributed by atoms with E-state index in [4.69, 9.17) is 10.8 Å². The van der Waals surface area contributed by atoms with Crippen LogP contribution in [0.1, 0.15) is 38.2 Å². The summed E-state index contributed by atoms with van der Waals surface area (Å²) in [5.41, 5.74) is 10.2. The smallest absolute Gasteiger partial charge is 0.321 e. The molecule has 0 unspecified atom stereocenters. The average Bonchev–Trinajstić information content (AvgIpc) is 2.69. The summed E-state index contributed by atoms with van der Waals surface area (Å²) in [6.45, 7) is 2.80. The fourth-order valence-corrected chi connectivity index (χ4v) is 2.97. The third-order valence-corrected chi connectivity index (χ3v) is 4.65. The van der Waals surface area contributed by atoms with E-state index in [9.17, 15) is 9.59 Å². The van der Waals surface area contributed by atoms with Gasteiger partial charge in [-0.05, 0) is 42.2 Å². The lowest BCUT2D eigenvalue weighted by Gasteiger charge is -2.19. The third-order valence-electron chi connectivity index (χ3n) is 4.65. The van der Waals surface area contributed by atoms with Crippen molar-refractivity contribution in [3.8, 4) is 11.1 Å². The molecule has 0 spiro atoms. The lowest BCUT2D eigenvalue weighted by molar-refractivity contribution is -0.136. The highest BCUT2D eigenvalue weighted by molar-refractivity contribution is 5.92. The van der Waals surface area contributed by atoms with Gasteiger partial charge in [-0.25, -0.2) is 4.79 Å². The van der Waals surface area contributed by atoms with Gasteiger partial charge in [0.1, 0.15) is 0 Å². The van der Waals surface area contributed by atoms with E-state index in [-0.39, 0.29) is 12.5 Å². The summed E-state index contributed by atoms with van der Waals surface area (Å²) in [5, 5.41) is 11.7. The second-order valence-electron chi connectivity index (χ2n) is 6.86. The summed E-state index contributed by atoms with van der Waals surface area (Å²) in [6, 6.07) is 13.1. The Morgan fingerprint density at radius 3 is 2.61 bits per heavy atom. The second-order valence-corrected chi connectivity index (χ2v) is 6.86. The van der Waals surface area contributed by atoms with E-state index in [0.29, 0.717) is 18.7 Å². The molecule has 0 bridgehead atoms. The van der Waals surface area contributed by atoms with E-state index in [2.05, 4.69) is 12.2 Å². The van der Waals surface area contributed by atoms with Crippen molar-refractivity contribution in [2.45, 2.75) is 39.0 Å². The molecule has 6 nitrogen and oxygen atoms in total. The number of carboxylic acids is 1. The first-order valence-corrected chi connectivity index (χ1v) is 9.64. The molecule has 2 aromatic rings. The van der Waals surface area contributed by atoms with Crippen LogP contribution in [0.5, 0.6) is 0 Å². The SMILES string of the molecule is CCCCCNC(=O)N(C)c1cccc(-c2ccc(CCC(=O)O)cc2N)c1. The van der Waals surface area contributed by atoms with Crippen LogP contribution in [0, 0.1) is 0 Å². The molecule has 0 atom stereocenters. The number of aliphatic carboxylic acids is 1. The first kappa shape index (κ1) is 21.3. The number of anilines is 2. The molecule has 2 rings (SSSR count). The summed E-state index contributed by atoms with van der Waals surface area (Å²) in [6.07, 6.45) is 3.71. The minimum Gasteiger partial charge on any atom is -0.481 e. The monoisotopic (exact) mass is 383 g/mol. The Morgan fingerprint density at radius 2 is 1.93 bits per heavy atom. The van der Waals surface area contributed by atoms with Gasteiger partial charge in [-0.2, -0.15) is 0 Å². The molecular formula is C22H29N3O3. The Hall–Kier alpha value is -3.02. The fraction of sp³-hybridized carbons (Fsp3) is 0.364. The third kappa shape index (κ3) is 6.01. The molecule has 0 radical (unpaired) electrons. The zero-order valence-corrected chi connectivity index (χ0v) is 16.6. The van der Waals surface area contributed by atoms with E-state index in [1.165, 1.54) is 0 Å². The van der Waals surface area contributed by atoms with E-state index in [1.807, 2.05) is 42.5 Å². The van der Waals surface area contributed by atoms with Gasteiger partial charge in [-0.15, -0.1) is 0 Å². The first-order valence-electron chi connectivity index (χ1n) is 9.64. The van der Waals surface area contributed by atoms with Crippen LogP contribution in [0.25, 0.3) is 11.1 Å². The van der Waals surface area contributed by atoms with Crippen molar-refractivity contribution in [1.29, 1.82) is 0 Å². The summed E-state index contributed by atoms with van der Waals surface area (Å²) in [4.78, 5) is 24.7. The molecule has 4 N–H and O–H groups in total. The van der Waals surface area contributed by atoms with Crippen LogP contribution in [0.4, 0.5) is 16.2 Å². The van der Waals surface area contributed by atoms with Gasteiger partial charge < -0.3 is 16.2 Å². The molecule has 2 amide bonds. The largest absolute Gasteiger partial charge is 0.481 e. The van der Waals surface area contributed by atoms with E-state index >= 15 is 0 Å². The number of nitrogen functional groups attached to an aromatic ring is 1. The zero-order valence-electron chi connectivity index (χ0n) is 16.6. The molecule has 0 aliphatic rings. The number of benzene rings is 2. The Labute approximate surface area is 166 Å². The van der Waals surface area contributed by atoms with Crippen LogP contribution in [-0.4, -0.2) is 30.7 Å². The Kier molecular flexibility index (Phi) is 7.87. The van der Waals surface area contributed by atoms with Gasteiger partial charge in [0.05, 0.1) is 0 Å². The maximum Gasteiger partial charge on any atom is 0.321 e. The number of hydrogen-bond acceptors (Lipinski definition) is 3. The van der Waals surface area contributed by atoms with Gasteiger partial charge in [0.25, 0.3) is 0 Å². The summed E-state index contributed by atoms with van der Waals surface area (Å²) in [5.74, 6) is -0.827. The lowest BCUT2D eigenvalue weighted by atomic mass is 9.99. The van der Waals surface area contributed by atoms with Gasteiger partial charge in [-0.3, -0.25) is 9.69 Å². The normalized spacial score (nSPS) is 10.5. The van der Waals surface area contributed by atoms with Gasteiger partial charge in [0, 0.05) is 37.0 Å². The molecule has 0 saturated carbocycles. The van der Waals surface area contributed by atoms with Crippen molar-refractivity contribution < 1.29 is 14.7 Å². The van der Waals surface area contributed by atoms with Crippen molar-refractivity contribution >= 4 is 23.4 Å². The van der Waals surface area contributed by atoms with Crippen LogP contribution < -0.4 is 16.0 Å². The number of carboxylic acid groups (broad SMARTS) is 1. The summed E-state index contributed by atoms with van der Waals surface area (Å²) >= 11 is 0. The number of carbonyl (C=O) groups is 2. The van der Waals surface area contributed by atoms with Crippen molar-refractivity contribution in [1.82, 2.24) is 5.32 Å². The Balaban J connectivity index is 2.11. The molecule has 0 heterocycles. The van der Waals surface area contributed by atoms with Crippen molar-refractivity contribution in [3.05, 3.63) is 48.0 Å². The number of carbonyl (C=O) groups excluding carboxylic acids is 1. The predicted octanol–water partition coefficient (Wildman–Crippen LogP) is 4.29. The van der Waals surface area contributed by atoms with Crippen LogP contribution in [0.3, 0.4) is 0 Å². The molecule has 150 valence electrons. The molecular weight excluding hydrogens is 354 g/mol. The Bertz CT molecular complexity index is 820. The number of unbranched alkanes of at least 4 members (excludes halogenated alkanes) is 2. The van der Waals surface area contributed by atoms with Crippen LogP contribution in [0.2, 0.25) is 0 Å². The van der Waals surface area contributed by atoms with Gasteiger partial charge in [0.2, 0.25) is 0 Å². The highest BCUT2D eigenvalue weighted by Crippen LogP contribution is 2.30. The van der Waals surface area contributed by atoms with Crippen LogP contribution in [-0.2, 0) is 11.2 Å². The summed E-state index contributed by atoms with van der Waals surface area (Å²) in [7, 11) is 1.74. The summed E-state index contributed by atoms with van der Waals surface area (Å²) < 4.78 is 0. The average molecular weight is 383 g/mol. The van der Waals surface area contributed by atoms with Gasteiger partial charge >= 0.3 is 12.0 Å². The molecule has 6 heteroatoms. The lowest BCUT2D eigenvalue weighted by Crippen LogP contribution is -2.37. The number of nitrogens with zero attached hydrogens (tertiary/aromatic N) is 1. The Morgan fingerprint density at radius 1 is 1.14 bits per heavy atom. The quantitative estimate of drug-likeness (QED) is 0.445. The number of rotatable bonds is 9.